The second kappa shape index (κ2) is 18.6. The number of benzene rings is 2. The Bertz CT molecular complexity index is 1920. The Kier molecular flexibility index (Phi) is 14.1. The van der Waals surface area contributed by atoms with Crippen molar-refractivity contribution in [2.45, 2.75) is 58.8 Å². The van der Waals surface area contributed by atoms with Crippen LogP contribution in [-0.2, 0) is 19.1 Å². The summed E-state index contributed by atoms with van der Waals surface area (Å²) in [5, 5.41) is 14.9. The van der Waals surface area contributed by atoms with Crippen molar-refractivity contribution in [3.63, 3.8) is 0 Å². The molecule has 2 heterocycles. The van der Waals surface area contributed by atoms with Gasteiger partial charge >= 0.3 is 18.0 Å². The molecule has 2 aromatic carbocycles. The number of anilines is 2. The predicted octanol–water partition coefficient (Wildman–Crippen LogP) is 6.94. The average Bonchev–Trinajstić information content (AvgIpc) is 3.37. The van der Waals surface area contributed by atoms with Gasteiger partial charge in [0, 0.05) is 35.2 Å². The number of aromatic nitrogens is 1. The minimum atomic E-state index is -1.19. The monoisotopic (exact) mass is 757 g/mol. The molecule has 0 fully saturated rings. The first-order chi connectivity index (χ1) is 25.3. The number of carbonyl (C=O) groups excluding carboxylic acids is 4. The van der Waals surface area contributed by atoms with Gasteiger partial charge in [0.2, 0.25) is 0 Å². The molecule has 0 saturated heterocycles. The van der Waals surface area contributed by atoms with Crippen LogP contribution in [-0.4, -0.2) is 58.8 Å². The van der Waals surface area contributed by atoms with Gasteiger partial charge < -0.3 is 19.9 Å². The summed E-state index contributed by atoms with van der Waals surface area (Å²) in [7, 11) is 0. The summed E-state index contributed by atoms with van der Waals surface area (Å²) >= 11 is 6.02. The number of esters is 1. The Labute approximate surface area is 306 Å². The van der Waals surface area contributed by atoms with Crippen LogP contribution >= 0.6 is 11.6 Å². The van der Waals surface area contributed by atoms with Crippen LogP contribution in [0.3, 0.4) is 0 Å². The van der Waals surface area contributed by atoms with Crippen molar-refractivity contribution in [3.05, 3.63) is 93.5 Å². The van der Waals surface area contributed by atoms with Gasteiger partial charge in [0.15, 0.2) is 6.61 Å². The zero-order valence-corrected chi connectivity index (χ0v) is 29.4. The van der Waals surface area contributed by atoms with Crippen LogP contribution in [0.2, 0.25) is 5.02 Å². The van der Waals surface area contributed by atoms with E-state index in [4.69, 9.17) is 26.2 Å². The maximum absolute atomic E-state index is 14.5. The molecule has 4 amide bonds. The Morgan fingerprint density at radius 3 is 2.28 bits per heavy atom. The number of urea groups is 1. The molecule has 13 nitrogen and oxygen atoms in total. The standard InChI is InChI=1S/C21H23ClFNO5.C15H12F2N4O3/c1-2-3-6-9-28-19(25)12-29-18-11-17(16(23)10-15(18)22)24-20(26)13-7-4-5-8-14(13)21(24)27;1-8(13-12(14(22)23)3-2-4-18-13)20-21-15(24)19-11-6-9(16)5-10(17)7-11/h10-11H,2-9,12H2,1H3;2-7H,1H3,(H,22,23)(H2,19,21,24)/b;20-8+. The predicted molar refractivity (Wildman–Crippen MR) is 187 cm³/mol. The Hall–Kier alpha value is -5.77. The minimum Gasteiger partial charge on any atom is -0.480 e. The number of unbranched alkanes of at least 4 members (excludes halogenated alkanes) is 2. The highest BCUT2D eigenvalue weighted by Crippen LogP contribution is 2.39. The van der Waals surface area contributed by atoms with Crippen molar-refractivity contribution in [2.24, 2.45) is 5.10 Å². The van der Waals surface area contributed by atoms with E-state index in [0.717, 1.165) is 55.2 Å². The molecule has 0 saturated carbocycles. The fraction of sp³-hybridized carbons (Fsp3) is 0.306. The first-order valence-electron chi connectivity index (χ1n) is 16.4. The van der Waals surface area contributed by atoms with E-state index >= 15 is 0 Å². The summed E-state index contributed by atoms with van der Waals surface area (Å²) in [6, 6.07) is 6.62. The Morgan fingerprint density at radius 2 is 1.66 bits per heavy atom. The van der Waals surface area contributed by atoms with Crippen LogP contribution in [0.5, 0.6) is 5.75 Å². The lowest BCUT2D eigenvalue weighted by Crippen LogP contribution is -2.32. The zero-order valence-electron chi connectivity index (χ0n) is 28.6. The average molecular weight is 758 g/mol. The van der Waals surface area contributed by atoms with Gasteiger partial charge in [-0.1, -0.05) is 31.4 Å². The quantitative estimate of drug-likeness (QED) is 0.0581. The second-order valence-corrected chi connectivity index (χ2v) is 12.1. The smallest absolute Gasteiger partial charge is 0.344 e. The number of imide groups is 1. The highest BCUT2D eigenvalue weighted by atomic mass is 35.5. The molecule has 3 N–H and O–H groups in total. The van der Waals surface area contributed by atoms with Crippen molar-refractivity contribution in [3.8, 4) is 5.75 Å². The Balaban J connectivity index is 0.000000241. The molecule has 3 aromatic rings. The minimum absolute atomic E-state index is 0.000883. The fourth-order valence-corrected chi connectivity index (χ4v) is 5.52. The Morgan fingerprint density at radius 1 is 1.00 bits per heavy atom. The van der Waals surface area contributed by atoms with E-state index in [-0.39, 0.29) is 39.1 Å². The van der Waals surface area contributed by atoms with Crippen molar-refractivity contribution >= 4 is 58.5 Å². The molecule has 0 bridgehead atoms. The number of carboxylic acids is 1. The van der Waals surface area contributed by atoms with Crippen LogP contribution in [0.1, 0.15) is 74.8 Å². The lowest BCUT2D eigenvalue weighted by atomic mass is 9.93. The summed E-state index contributed by atoms with van der Waals surface area (Å²) in [4.78, 5) is 64.6. The van der Waals surface area contributed by atoms with Gasteiger partial charge in [-0.25, -0.2) is 37.9 Å². The van der Waals surface area contributed by atoms with E-state index in [0.29, 0.717) is 36.7 Å². The molecule has 1 aliphatic heterocycles. The van der Waals surface area contributed by atoms with Gasteiger partial charge in [-0.3, -0.25) is 14.6 Å². The summed E-state index contributed by atoms with van der Waals surface area (Å²) < 4.78 is 51.0. The number of hydrogen-bond acceptors (Lipinski definition) is 9. The van der Waals surface area contributed by atoms with E-state index in [1.165, 1.54) is 31.3 Å². The molecule has 53 heavy (non-hydrogen) atoms. The molecule has 280 valence electrons. The highest BCUT2D eigenvalue weighted by molar-refractivity contribution is 6.34. The van der Waals surface area contributed by atoms with Gasteiger partial charge in [-0.05, 0) is 69.4 Å². The van der Waals surface area contributed by atoms with E-state index in [2.05, 4.69) is 20.8 Å². The molecule has 0 unspecified atom stereocenters. The summed E-state index contributed by atoms with van der Waals surface area (Å²) in [5.41, 5.74) is 2.83. The third kappa shape index (κ3) is 10.6. The number of amides is 4. The number of ether oxygens (including phenoxy) is 2. The van der Waals surface area contributed by atoms with Crippen LogP contribution in [0.25, 0.3) is 0 Å². The molecule has 5 rings (SSSR count). The van der Waals surface area contributed by atoms with Gasteiger partial charge in [0.25, 0.3) is 11.8 Å². The van der Waals surface area contributed by atoms with E-state index in [1.54, 1.807) is 0 Å². The zero-order chi connectivity index (χ0) is 38.7. The van der Waals surface area contributed by atoms with Crippen LogP contribution in [0.4, 0.5) is 29.3 Å². The van der Waals surface area contributed by atoms with Crippen molar-refractivity contribution < 1.29 is 51.7 Å². The number of aromatic carboxylic acids is 1. The molecule has 1 aliphatic carbocycles. The van der Waals surface area contributed by atoms with Gasteiger partial charge in [-0.2, -0.15) is 5.10 Å². The molecule has 2 aliphatic rings. The van der Waals surface area contributed by atoms with Gasteiger partial charge in [0.05, 0.1) is 28.6 Å². The number of nitrogens with one attached hydrogen (secondary N) is 2. The summed E-state index contributed by atoms with van der Waals surface area (Å²) in [6.45, 7) is 3.39. The van der Waals surface area contributed by atoms with Crippen molar-refractivity contribution in [1.82, 2.24) is 10.4 Å². The number of carboxylic acid groups (broad SMARTS) is 1. The number of halogens is 4. The molecule has 1 aromatic heterocycles. The van der Waals surface area contributed by atoms with E-state index in [9.17, 15) is 37.1 Å². The fourth-order valence-electron chi connectivity index (χ4n) is 5.31. The molecule has 0 radical (unpaired) electrons. The number of pyridine rings is 1. The summed E-state index contributed by atoms with van der Waals surface area (Å²) in [5.74, 6) is -5.28. The van der Waals surface area contributed by atoms with E-state index < -0.39 is 53.8 Å². The molecule has 0 atom stereocenters. The number of hydrogen-bond donors (Lipinski definition) is 3. The number of hydrazone groups is 1. The highest BCUT2D eigenvalue weighted by Gasteiger charge is 2.41. The van der Waals surface area contributed by atoms with Gasteiger partial charge in [-0.15, -0.1) is 0 Å². The van der Waals surface area contributed by atoms with Crippen molar-refractivity contribution in [1.29, 1.82) is 0 Å². The SMILES string of the molecule is C/C(=N\NC(=O)Nc1cc(F)cc(F)c1)c1ncccc1C(=O)O.CCCCCOC(=O)COc1cc(N2C(=O)C3=C(CCCC3)C2=O)c(F)cc1Cl. The van der Waals surface area contributed by atoms with Crippen LogP contribution in [0.15, 0.2) is 64.9 Å². The molecule has 0 spiro atoms. The topological polar surface area (TPSA) is 177 Å². The van der Waals surface area contributed by atoms with Crippen LogP contribution in [0, 0.1) is 17.5 Å². The molecular weight excluding hydrogens is 723 g/mol. The third-order valence-electron chi connectivity index (χ3n) is 7.82. The maximum Gasteiger partial charge on any atom is 0.344 e. The number of carbonyl (C=O) groups is 5. The molecule has 17 heteroatoms. The largest absolute Gasteiger partial charge is 0.480 e. The number of nitrogens with zero attached hydrogens (tertiary/aromatic N) is 3. The maximum atomic E-state index is 14.5. The first kappa shape index (κ1) is 40.0. The number of rotatable bonds is 12. The lowest BCUT2D eigenvalue weighted by molar-refractivity contribution is -0.146. The second-order valence-electron chi connectivity index (χ2n) is 11.7. The van der Waals surface area contributed by atoms with E-state index in [1.807, 2.05) is 6.92 Å². The normalized spacial score (nSPS) is 13.9. The first-order valence-corrected chi connectivity index (χ1v) is 16.8. The van der Waals surface area contributed by atoms with Crippen LogP contribution < -0.4 is 20.4 Å². The summed E-state index contributed by atoms with van der Waals surface area (Å²) in [6.07, 6.45) is 6.78. The third-order valence-corrected chi connectivity index (χ3v) is 8.11. The van der Waals surface area contributed by atoms with Crippen molar-refractivity contribution in [2.75, 3.05) is 23.4 Å². The lowest BCUT2D eigenvalue weighted by Gasteiger charge is -2.18. The molecular formula is C36H35ClF3N5O8. The van der Waals surface area contributed by atoms with Gasteiger partial charge in [0.1, 0.15) is 28.9 Å².